The van der Waals surface area contributed by atoms with Gasteiger partial charge in [0.15, 0.2) is 0 Å². The molecular formula is C16H21NO2. The zero-order chi connectivity index (χ0) is 14.3. The summed E-state index contributed by atoms with van der Waals surface area (Å²) in [7, 11) is 2.07. The fourth-order valence-corrected chi connectivity index (χ4v) is 1.97. The van der Waals surface area contributed by atoms with Gasteiger partial charge in [0.05, 0.1) is 0 Å². The largest absolute Gasteiger partial charge is 0.478 e. The van der Waals surface area contributed by atoms with Crippen molar-refractivity contribution in [3.63, 3.8) is 0 Å². The van der Waals surface area contributed by atoms with E-state index in [9.17, 15) is 4.79 Å². The van der Waals surface area contributed by atoms with Crippen LogP contribution < -0.4 is 4.90 Å². The highest BCUT2D eigenvalue weighted by atomic mass is 16.4. The van der Waals surface area contributed by atoms with E-state index in [2.05, 4.69) is 18.5 Å². The van der Waals surface area contributed by atoms with Crippen molar-refractivity contribution in [3.05, 3.63) is 48.1 Å². The lowest BCUT2D eigenvalue weighted by atomic mass is 10.1. The van der Waals surface area contributed by atoms with Gasteiger partial charge in [-0.3, -0.25) is 0 Å². The number of hydrogen-bond donors (Lipinski definition) is 1. The molecule has 0 amide bonds. The van der Waals surface area contributed by atoms with Gasteiger partial charge in [-0.15, -0.1) is 6.58 Å². The van der Waals surface area contributed by atoms with Gasteiger partial charge in [-0.25, -0.2) is 4.79 Å². The van der Waals surface area contributed by atoms with Gasteiger partial charge in [0.1, 0.15) is 0 Å². The highest BCUT2D eigenvalue weighted by Gasteiger charge is 2.04. The third-order valence-corrected chi connectivity index (χ3v) is 2.95. The molecule has 0 heterocycles. The molecule has 1 rings (SSSR count). The number of anilines is 1. The number of nitrogens with zero attached hydrogens (tertiary/aromatic N) is 1. The molecule has 19 heavy (non-hydrogen) atoms. The van der Waals surface area contributed by atoms with E-state index in [0.717, 1.165) is 36.6 Å². The molecular weight excluding hydrogens is 238 g/mol. The average molecular weight is 259 g/mol. The fourth-order valence-electron chi connectivity index (χ4n) is 1.97. The second kappa shape index (κ2) is 7.41. The number of carboxylic acids is 1. The van der Waals surface area contributed by atoms with E-state index in [1.165, 1.54) is 5.69 Å². The van der Waals surface area contributed by atoms with Gasteiger partial charge >= 0.3 is 5.97 Å². The van der Waals surface area contributed by atoms with Crippen molar-refractivity contribution < 1.29 is 9.90 Å². The smallest absolute Gasteiger partial charge is 0.328 e. The molecule has 1 N–H and O–H groups in total. The molecule has 1 aromatic carbocycles. The predicted molar refractivity (Wildman–Crippen MR) is 80.5 cm³/mol. The molecule has 0 unspecified atom stereocenters. The third-order valence-electron chi connectivity index (χ3n) is 2.95. The molecule has 0 fully saturated rings. The molecule has 3 heteroatoms. The summed E-state index contributed by atoms with van der Waals surface area (Å²) in [5.74, 6) is -0.928. The maximum atomic E-state index is 10.5. The fraction of sp³-hybridized carbons (Fsp3) is 0.312. The van der Waals surface area contributed by atoms with Crippen molar-refractivity contribution in [2.24, 2.45) is 0 Å². The molecule has 0 spiro atoms. The summed E-state index contributed by atoms with van der Waals surface area (Å²) in [6, 6.07) is 5.97. The van der Waals surface area contributed by atoms with Gasteiger partial charge < -0.3 is 10.0 Å². The molecule has 0 aliphatic rings. The zero-order valence-corrected chi connectivity index (χ0v) is 11.6. The first-order chi connectivity index (χ1) is 9.04. The lowest BCUT2D eigenvalue weighted by Gasteiger charge is -2.21. The number of carboxylic acid groups (broad SMARTS) is 1. The average Bonchev–Trinajstić information content (AvgIpc) is 2.36. The lowest BCUT2D eigenvalue weighted by Crippen LogP contribution is -2.19. The summed E-state index contributed by atoms with van der Waals surface area (Å²) in [6.45, 7) is 6.74. The van der Waals surface area contributed by atoms with Crippen molar-refractivity contribution in [1.82, 2.24) is 0 Å². The van der Waals surface area contributed by atoms with E-state index in [1.54, 1.807) is 6.08 Å². The van der Waals surface area contributed by atoms with Crippen LogP contribution in [-0.2, 0) is 4.79 Å². The molecule has 1 aromatic rings. The molecule has 0 aliphatic heterocycles. The van der Waals surface area contributed by atoms with Gasteiger partial charge in [-0.2, -0.15) is 0 Å². The first-order valence-corrected chi connectivity index (χ1v) is 6.38. The molecule has 0 radical (unpaired) electrons. The Hall–Kier alpha value is -2.03. The maximum Gasteiger partial charge on any atom is 0.328 e. The molecule has 0 saturated heterocycles. The molecule has 0 aromatic heterocycles. The molecule has 0 bridgehead atoms. The normalized spacial score (nSPS) is 10.6. The number of aliphatic carboxylic acids is 1. The molecule has 102 valence electrons. The van der Waals surface area contributed by atoms with Crippen LogP contribution in [0, 0.1) is 6.92 Å². The van der Waals surface area contributed by atoms with Crippen molar-refractivity contribution in [3.8, 4) is 0 Å². The van der Waals surface area contributed by atoms with E-state index in [4.69, 9.17) is 5.11 Å². The van der Waals surface area contributed by atoms with E-state index in [-0.39, 0.29) is 0 Å². The van der Waals surface area contributed by atoms with Gasteiger partial charge in [-0.1, -0.05) is 12.1 Å². The van der Waals surface area contributed by atoms with Crippen LogP contribution >= 0.6 is 0 Å². The molecule has 0 aliphatic carbocycles. The van der Waals surface area contributed by atoms with Gasteiger partial charge in [0, 0.05) is 25.4 Å². The Labute approximate surface area is 114 Å². The van der Waals surface area contributed by atoms with Crippen LogP contribution in [0.5, 0.6) is 0 Å². The number of aryl methyl sites for hydroxylation is 1. The number of unbranched alkanes of at least 4 members (excludes halogenated alkanes) is 1. The minimum atomic E-state index is -0.928. The van der Waals surface area contributed by atoms with E-state index in [1.807, 2.05) is 31.2 Å². The summed E-state index contributed by atoms with van der Waals surface area (Å²) < 4.78 is 0. The van der Waals surface area contributed by atoms with Crippen molar-refractivity contribution >= 4 is 17.7 Å². The minimum absolute atomic E-state index is 0.906. The number of carbonyl (C=O) groups is 1. The predicted octanol–water partition coefficient (Wildman–Crippen LogP) is 3.50. The van der Waals surface area contributed by atoms with Gasteiger partial charge in [0.25, 0.3) is 0 Å². The minimum Gasteiger partial charge on any atom is -0.478 e. The summed E-state index contributed by atoms with van der Waals surface area (Å²) in [5.41, 5.74) is 3.23. The van der Waals surface area contributed by atoms with Crippen molar-refractivity contribution in [2.75, 3.05) is 18.5 Å². The van der Waals surface area contributed by atoms with Crippen LogP contribution in [0.15, 0.2) is 36.9 Å². The Morgan fingerprint density at radius 1 is 1.47 bits per heavy atom. The number of benzene rings is 1. The summed E-state index contributed by atoms with van der Waals surface area (Å²) >= 11 is 0. The Balaban J connectivity index is 2.76. The highest BCUT2D eigenvalue weighted by Crippen LogP contribution is 2.21. The maximum absolute atomic E-state index is 10.5. The van der Waals surface area contributed by atoms with E-state index in [0.29, 0.717) is 0 Å². The Morgan fingerprint density at radius 2 is 2.21 bits per heavy atom. The highest BCUT2D eigenvalue weighted by molar-refractivity contribution is 5.85. The Kier molecular flexibility index (Phi) is 5.86. The summed E-state index contributed by atoms with van der Waals surface area (Å²) in [4.78, 5) is 12.7. The SMILES string of the molecule is C=CCCCN(C)c1ccc(/C=C/C(=O)O)cc1C. The summed E-state index contributed by atoms with van der Waals surface area (Å²) in [5, 5.41) is 8.60. The first-order valence-electron chi connectivity index (χ1n) is 6.38. The van der Waals surface area contributed by atoms with Crippen molar-refractivity contribution in [2.45, 2.75) is 19.8 Å². The first kappa shape index (κ1) is 15.0. The molecule has 3 nitrogen and oxygen atoms in total. The number of rotatable bonds is 7. The quantitative estimate of drug-likeness (QED) is 0.463. The van der Waals surface area contributed by atoms with E-state index >= 15 is 0 Å². The zero-order valence-electron chi connectivity index (χ0n) is 11.6. The van der Waals surface area contributed by atoms with Crippen molar-refractivity contribution in [1.29, 1.82) is 0 Å². The molecule has 0 saturated carbocycles. The lowest BCUT2D eigenvalue weighted by molar-refractivity contribution is -0.131. The Morgan fingerprint density at radius 3 is 2.79 bits per heavy atom. The van der Waals surface area contributed by atoms with Crippen LogP contribution in [0.3, 0.4) is 0 Å². The van der Waals surface area contributed by atoms with Crippen LogP contribution in [0.2, 0.25) is 0 Å². The van der Waals surface area contributed by atoms with Gasteiger partial charge in [0.2, 0.25) is 0 Å². The van der Waals surface area contributed by atoms with Crippen LogP contribution in [-0.4, -0.2) is 24.7 Å². The topological polar surface area (TPSA) is 40.5 Å². The summed E-state index contributed by atoms with van der Waals surface area (Å²) in [6.07, 6.45) is 6.79. The second-order valence-electron chi connectivity index (χ2n) is 4.57. The molecule has 0 atom stereocenters. The van der Waals surface area contributed by atoms with Crippen LogP contribution in [0.4, 0.5) is 5.69 Å². The van der Waals surface area contributed by atoms with E-state index < -0.39 is 5.97 Å². The van der Waals surface area contributed by atoms with Gasteiger partial charge in [-0.05, 0) is 49.1 Å². The standard InChI is InChI=1S/C16H21NO2/c1-4-5-6-11-17(3)15-9-7-14(12-13(15)2)8-10-16(18)19/h4,7-10,12H,1,5-6,11H2,2-3H3,(H,18,19)/b10-8+. The number of allylic oxidation sites excluding steroid dienone is 1. The van der Waals surface area contributed by atoms with Crippen LogP contribution in [0.25, 0.3) is 6.08 Å². The third kappa shape index (κ3) is 5.00. The second-order valence-corrected chi connectivity index (χ2v) is 4.57. The number of hydrogen-bond acceptors (Lipinski definition) is 2. The Bertz CT molecular complexity index is 478. The monoisotopic (exact) mass is 259 g/mol. The van der Waals surface area contributed by atoms with Crippen LogP contribution in [0.1, 0.15) is 24.0 Å².